The summed E-state index contributed by atoms with van der Waals surface area (Å²) in [7, 11) is 1.63. The van der Waals surface area contributed by atoms with Crippen LogP contribution in [0.5, 0.6) is 5.75 Å². The highest BCUT2D eigenvalue weighted by atomic mass is 16.5. The van der Waals surface area contributed by atoms with Crippen molar-refractivity contribution in [3.8, 4) is 22.9 Å². The van der Waals surface area contributed by atoms with E-state index in [4.69, 9.17) is 4.74 Å². The van der Waals surface area contributed by atoms with Crippen molar-refractivity contribution < 1.29 is 9.84 Å². The van der Waals surface area contributed by atoms with Crippen LogP contribution in [0.1, 0.15) is 12.1 Å². The van der Waals surface area contributed by atoms with Gasteiger partial charge in [-0.2, -0.15) is 5.26 Å². The smallest absolute Gasteiger partial charge is 0.151 e. The van der Waals surface area contributed by atoms with Gasteiger partial charge in [0.25, 0.3) is 0 Å². The van der Waals surface area contributed by atoms with E-state index in [-0.39, 0.29) is 6.10 Å². The van der Waals surface area contributed by atoms with Crippen molar-refractivity contribution in [2.24, 2.45) is 0 Å². The lowest BCUT2D eigenvalue weighted by molar-refractivity contribution is 0.198. The zero-order valence-corrected chi connectivity index (χ0v) is 14.5. The quantitative estimate of drug-likeness (QED) is 0.788. The Bertz CT molecular complexity index is 996. The Hall–Kier alpha value is -3.10. The Kier molecular flexibility index (Phi) is 4.19. The molecule has 3 aromatic rings. The second-order valence-corrected chi connectivity index (χ2v) is 6.44. The van der Waals surface area contributed by atoms with Crippen molar-refractivity contribution in [2.45, 2.75) is 12.5 Å². The molecule has 130 valence electrons. The number of benzene rings is 2. The van der Waals surface area contributed by atoms with E-state index in [1.54, 1.807) is 7.11 Å². The van der Waals surface area contributed by atoms with Crippen molar-refractivity contribution >= 4 is 16.6 Å². The van der Waals surface area contributed by atoms with Crippen LogP contribution in [-0.4, -0.2) is 36.4 Å². The van der Waals surface area contributed by atoms with Gasteiger partial charge in [-0.3, -0.25) is 0 Å². The first-order valence-electron chi connectivity index (χ1n) is 8.61. The van der Waals surface area contributed by atoms with Crippen molar-refractivity contribution in [1.29, 1.82) is 5.26 Å². The van der Waals surface area contributed by atoms with E-state index in [1.807, 2.05) is 48.5 Å². The number of fused-ring (bicyclic) bond motifs is 1. The van der Waals surface area contributed by atoms with Gasteiger partial charge in [-0.15, -0.1) is 0 Å². The van der Waals surface area contributed by atoms with Crippen molar-refractivity contribution in [3.63, 3.8) is 0 Å². The minimum absolute atomic E-state index is 0.357. The first-order valence-corrected chi connectivity index (χ1v) is 8.61. The summed E-state index contributed by atoms with van der Waals surface area (Å²) >= 11 is 0. The lowest BCUT2D eigenvalue weighted by Crippen LogP contribution is -2.23. The van der Waals surface area contributed by atoms with Crippen LogP contribution in [0.3, 0.4) is 0 Å². The van der Waals surface area contributed by atoms with E-state index in [1.165, 1.54) is 0 Å². The Morgan fingerprint density at radius 3 is 2.65 bits per heavy atom. The Labute approximate surface area is 152 Å². The number of nitrogens with zero attached hydrogens (tertiary/aromatic N) is 3. The van der Waals surface area contributed by atoms with E-state index >= 15 is 0 Å². The van der Waals surface area contributed by atoms with Gasteiger partial charge in [0.2, 0.25) is 0 Å². The van der Waals surface area contributed by atoms with Crippen LogP contribution in [0.4, 0.5) is 5.82 Å². The molecule has 1 aromatic heterocycles. The van der Waals surface area contributed by atoms with Gasteiger partial charge in [-0.1, -0.05) is 30.3 Å². The molecule has 1 aliphatic rings. The topological polar surface area (TPSA) is 69.4 Å². The molecule has 0 unspecified atom stereocenters. The van der Waals surface area contributed by atoms with Gasteiger partial charge in [0, 0.05) is 24.0 Å². The number of methoxy groups -OCH3 is 1. The van der Waals surface area contributed by atoms with Crippen LogP contribution in [0.2, 0.25) is 0 Å². The summed E-state index contributed by atoms with van der Waals surface area (Å²) in [5.41, 5.74) is 2.14. The largest absolute Gasteiger partial charge is 0.497 e. The molecular formula is C21H19N3O2. The predicted octanol–water partition coefficient (Wildman–Crippen LogP) is 3.35. The Balaban J connectivity index is 2.03. The number of ether oxygens (including phenoxy) is 1. The molecule has 0 radical (unpaired) electrons. The van der Waals surface area contributed by atoms with Crippen molar-refractivity contribution in [1.82, 2.24) is 4.98 Å². The van der Waals surface area contributed by atoms with E-state index < -0.39 is 0 Å². The minimum Gasteiger partial charge on any atom is -0.497 e. The number of aliphatic hydroxyl groups excluding tert-OH is 1. The van der Waals surface area contributed by atoms with Gasteiger partial charge in [0.05, 0.1) is 13.2 Å². The molecule has 26 heavy (non-hydrogen) atoms. The average Bonchev–Trinajstić information content (AvgIpc) is 3.12. The van der Waals surface area contributed by atoms with Gasteiger partial charge in [0.1, 0.15) is 17.6 Å². The molecule has 1 N–H and O–H groups in total. The number of hydrogen-bond acceptors (Lipinski definition) is 5. The third-order valence-electron chi connectivity index (χ3n) is 4.82. The Morgan fingerprint density at radius 2 is 2.00 bits per heavy atom. The average molecular weight is 345 g/mol. The highest BCUT2D eigenvalue weighted by molar-refractivity contribution is 6.04. The second kappa shape index (κ2) is 6.66. The molecule has 0 amide bonds. The standard InChI is InChI=1S/C21H19N3O2/c1-26-16-7-8-17-18(11-16)20(14-5-3-2-4-6-14)19(12-22)23-21(17)24-10-9-15(25)13-24/h2-8,11,15,25H,9-10,13H2,1H3/t15-/m0/s1. The lowest BCUT2D eigenvalue weighted by atomic mass is 9.96. The number of rotatable bonds is 3. The summed E-state index contributed by atoms with van der Waals surface area (Å²) in [6.45, 7) is 1.26. The third kappa shape index (κ3) is 2.75. The van der Waals surface area contributed by atoms with Gasteiger partial charge >= 0.3 is 0 Å². The van der Waals surface area contributed by atoms with Crippen LogP contribution in [0, 0.1) is 11.3 Å². The van der Waals surface area contributed by atoms with Crippen LogP contribution in [-0.2, 0) is 0 Å². The molecular weight excluding hydrogens is 326 g/mol. The SMILES string of the molecule is COc1ccc2c(N3CC[C@H](O)C3)nc(C#N)c(-c3ccccc3)c2c1. The first kappa shape index (κ1) is 16.4. The zero-order valence-electron chi connectivity index (χ0n) is 14.5. The molecule has 0 spiro atoms. The fraction of sp³-hybridized carbons (Fsp3) is 0.238. The molecule has 1 fully saturated rings. The maximum Gasteiger partial charge on any atom is 0.151 e. The monoisotopic (exact) mass is 345 g/mol. The van der Waals surface area contributed by atoms with Gasteiger partial charge in [0.15, 0.2) is 5.69 Å². The van der Waals surface area contributed by atoms with Crippen molar-refractivity contribution in [3.05, 3.63) is 54.2 Å². The molecule has 2 heterocycles. The summed E-state index contributed by atoms with van der Waals surface area (Å²) in [6, 6.07) is 17.9. The number of nitriles is 1. The fourth-order valence-corrected chi connectivity index (χ4v) is 3.55. The highest BCUT2D eigenvalue weighted by Gasteiger charge is 2.25. The number of pyridine rings is 1. The third-order valence-corrected chi connectivity index (χ3v) is 4.82. The molecule has 2 aromatic carbocycles. The first-order chi connectivity index (χ1) is 12.7. The molecule has 0 saturated carbocycles. The Morgan fingerprint density at radius 1 is 1.19 bits per heavy atom. The zero-order chi connectivity index (χ0) is 18.1. The fourth-order valence-electron chi connectivity index (χ4n) is 3.55. The summed E-state index contributed by atoms with van der Waals surface area (Å²) in [5.74, 6) is 1.48. The minimum atomic E-state index is -0.357. The van der Waals surface area contributed by atoms with E-state index in [0.717, 1.165) is 40.0 Å². The predicted molar refractivity (Wildman–Crippen MR) is 101 cm³/mol. The van der Waals surface area contributed by atoms with Crippen LogP contribution < -0.4 is 9.64 Å². The van der Waals surface area contributed by atoms with Gasteiger partial charge < -0.3 is 14.7 Å². The molecule has 4 rings (SSSR count). The summed E-state index contributed by atoms with van der Waals surface area (Å²) < 4.78 is 5.41. The molecule has 1 atom stereocenters. The molecule has 0 aliphatic carbocycles. The van der Waals surface area contributed by atoms with Crippen LogP contribution in [0.25, 0.3) is 21.9 Å². The molecule has 1 aliphatic heterocycles. The number of anilines is 1. The van der Waals surface area contributed by atoms with E-state index in [2.05, 4.69) is 16.0 Å². The number of aliphatic hydroxyl groups is 1. The number of aromatic nitrogens is 1. The summed E-state index contributed by atoms with van der Waals surface area (Å²) in [4.78, 5) is 6.73. The lowest BCUT2D eigenvalue weighted by Gasteiger charge is -2.21. The molecule has 0 bridgehead atoms. The molecule has 5 nitrogen and oxygen atoms in total. The van der Waals surface area contributed by atoms with Gasteiger partial charge in [-0.25, -0.2) is 4.98 Å². The summed E-state index contributed by atoms with van der Waals surface area (Å²) in [5, 5.41) is 21.6. The highest BCUT2D eigenvalue weighted by Crippen LogP contribution is 2.38. The van der Waals surface area contributed by atoms with E-state index in [0.29, 0.717) is 18.7 Å². The maximum atomic E-state index is 9.92. The summed E-state index contributed by atoms with van der Waals surface area (Å²) in [6.07, 6.45) is 0.353. The molecule has 1 saturated heterocycles. The number of β-amino-alcohol motifs (C(OH)–C–C–N with tert-alkyl or cyclic N) is 1. The normalized spacial score (nSPS) is 16.7. The van der Waals surface area contributed by atoms with Crippen LogP contribution >= 0.6 is 0 Å². The van der Waals surface area contributed by atoms with Gasteiger partial charge in [-0.05, 0) is 35.6 Å². The van der Waals surface area contributed by atoms with Crippen LogP contribution in [0.15, 0.2) is 48.5 Å². The maximum absolute atomic E-state index is 9.92. The number of hydrogen-bond donors (Lipinski definition) is 1. The molecule has 5 heteroatoms. The van der Waals surface area contributed by atoms with E-state index in [9.17, 15) is 10.4 Å². The van der Waals surface area contributed by atoms with Crippen molar-refractivity contribution in [2.75, 3.05) is 25.1 Å². The second-order valence-electron chi connectivity index (χ2n) is 6.44.